The van der Waals surface area contributed by atoms with Gasteiger partial charge in [0.25, 0.3) is 0 Å². The summed E-state index contributed by atoms with van der Waals surface area (Å²) in [6.45, 7) is 4.46. The van der Waals surface area contributed by atoms with Gasteiger partial charge in [0.05, 0.1) is 13.0 Å². The quantitative estimate of drug-likeness (QED) is 0.419. The van der Waals surface area contributed by atoms with E-state index in [0.29, 0.717) is 6.42 Å². The molecule has 1 amide bonds. The third-order valence-electron chi connectivity index (χ3n) is 2.71. The number of carbonyl (C=O) groups is 3. The van der Waals surface area contributed by atoms with Gasteiger partial charge in [-0.2, -0.15) is 0 Å². The van der Waals surface area contributed by atoms with Crippen molar-refractivity contribution in [2.75, 3.05) is 13.2 Å². The lowest BCUT2D eigenvalue weighted by Crippen LogP contribution is -2.46. The average Bonchev–Trinajstić information content (AvgIpc) is 2.37. The minimum Gasteiger partial charge on any atom is -0.396 e. The van der Waals surface area contributed by atoms with E-state index in [1.165, 1.54) is 13.8 Å². The number of hydrogen-bond acceptors (Lipinski definition) is 6. The van der Waals surface area contributed by atoms with Crippen LogP contribution in [0.15, 0.2) is 0 Å². The number of hydrogen-bond donors (Lipinski definition) is 3. The molecule has 7 nitrogen and oxygen atoms in total. The van der Waals surface area contributed by atoms with E-state index < -0.39 is 29.4 Å². The zero-order chi connectivity index (χ0) is 15.8. The topological polar surface area (TPSA) is 113 Å². The van der Waals surface area contributed by atoms with Crippen LogP contribution in [0.4, 0.5) is 0 Å². The first-order valence-electron chi connectivity index (χ1n) is 6.54. The van der Waals surface area contributed by atoms with Crippen LogP contribution in [0.25, 0.3) is 0 Å². The molecule has 0 saturated heterocycles. The van der Waals surface area contributed by atoms with Gasteiger partial charge < -0.3 is 20.3 Å². The fourth-order valence-corrected chi connectivity index (χ4v) is 1.26. The number of carbonyl (C=O) groups excluding carboxylic acids is 3. The second kappa shape index (κ2) is 8.65. The summed E-state index contributed by atoms with van der Waals surface area (Å²) in [5.41, 5.74) is -0.971. The number of amides is 1. The fourth-order valence-electron chi connectivity index (χ4n) is 1.26. The zero-order valence-electron chi connectivity index (χ0n) is 12.1. The lowest BCUT2D eigenvalue weighted by Gasteiger charge is -2.27. The molecule has 0 aliphatic rings. The largest absolute Gasteiger partial charge is 0.396 e. The molecule has 0 aromatic heterocycles. The standard InChI is InChI=1S/C13H23NO6/c1-4-5-9(16)20-10(17)6-7-14-12(19)11(18)13(2,3)8-15/h11,15,18H,4-8H2,1-3H3,(H,14,19)/t11-/m0/s1. The third-order valence-corrected chi connectivity index (χ3v) is 2.71. The molecule has 20 heavy (non-hydrogen) atoms. The van der Waals surface area contributed by atoms with Crippen LogP contribution in [0.3, 0.4) is 0 Å². The van der Waals surface area contributed by atoms with Gasteiger partial charge in [0.15, 0.2) is 0 Å². The summed E-state index contributed by atoms with van der Waals surface area (Å²) in [5.74, 6) is -2.00. The van der Waals surface area contributed by atoms with E-state index in [4.69, 9.17) is 5.11 Å². The zero-order valence-corrected chi connectivity index (χ0v) is 12.1. The first-order chi connectivity index (χ1) is 9.24. The molecule has 1 atom stereocenters. The van der Waals surface area contributed by atoms with Crippen LogP contribution >= 0.6 is 0 Å². The van der Waals surface area contributed by atoms with Crippen molar-refractivity contribution in [1.29, 1.82) is 0 Å². The van der Waals surface area contributed by atoms with E-state index in [1.54, 1.807) is 6.92 Å². The molecule has 0 spiro atoms. The molecular formula is C13H23NO6. The number of ether oxygens (including phenoxy) is 1. The Labute approximate surface area is 118 Å². The number of aliphatic hydroxyl groups is 2. The van der Waals surface area contributed by atoms with Gasteiger partial charge in [-0.1, -0.05) is 20.8 Å². The lowest BCUT2D eigenvalue weighted by atomic mass is 9.87. The molecule has 0 aliphatic heterocycles. The molecule has 116 valence electrons. The molecule has 0 unspecified atom stereocenters. The Bertz CT molecular complexity index is 353. The predicted octanol–water partition coefficient (Wildman–Crippen LogP) is -0.258. The summed E-state index contributed by atoms with van der Waals surface area (Å²) in [6.07, 6.45) is -0.787. The fraction of sp³-hybridized carbons (Fsp3) is 0.769. The van der Waals surface area contributed by atoms with Crippen LogP contribution in [-0.2, 0) is 19.1 Å². The normalized spacial score (nSPS) is 12.7. The highest BCUT2D eigenvalue weighted by atomic mass is 16.6. The monoisotopic (exact) mass is 289 g/mol. The average molecular weight is 289 g/mol. The van der Waals surface area contributed by atoms with Gasteiger partial charge in [-0.3, -0.25) is 14.4 Å². The van der Waals surface area contributed by atoms with E-state index in [0.717, 1.165) is 0 Å². The van der Waals surface area contributed by atoms with E-state index in [1.807, 2.05) is 0 Å². The van der Waals surface area contributed by atoms with Crippen molar-refractivity contribution in [2.45, 2.75) is 46.1 Å². The highest BCUT2D eigenvalue weighted by Gasteiger charge is 2.32. The van der Waals surface area contributed by atoms with Crippen LogP contribution in [0.1, 0.15) is 40.0 Å². The Balaban J connectivity index is 4.03. The van der Waals surface area contributed by atoms with Crippen LogP contribution in [0, 0.1) is 5.41 Å². The van der Waals surface area contributed by atoms with Crippen LogP contribution < -0.4 is 5.32 Å². The minimum atomic E-state index is -1.38. The Morgan fingerprint density at radius 2 is 1.75 bits per heavy atom. The first kappa shape index (κ1) is 18.5. The molecule has 0 rings (SSSR count). The molecule has 0 bridgehead atoms. The molecule has 7 heteroatoms. The summed E-state index contributed by atoms with van der Waals surface area (Å²) < 4.78 is 4.49. The van der Waals surface area contributed by atoms with Gasteiger partial charge in [0.1, 0.15) is 6.10 Å². The molecular weight excluding hydrogens is 266 g/mol. The number of rotatable bonds is 8. The minimum absolute atomic E-state index is 0.0460. The summed E-state index contributed by atoms with van der Waals surface area (Å²) in [7, 11) is 0. The van der Waals surface area contributed by atoms with Crippen LogP contribution in [0.2, 0.25) is 0 Å². The molecule has 0 fully saturated rings. The van der Waals surface area contributed by atoms with E-state index in [2.05, 4.69) is 10.1 Å². The Morgan fingerprint density at radius 3 is 2.25 bits per heavy atom. The second-order valence-electron chi connectivity index (χ2n) is 5.19. The van der Waals surface area contributed by atoms with Crippen molar-refractivity contribution in [2.24, 2.45) is 5.41 Å². The van der Waals surface area contributed by atoms with Crippen molar-refractivity contribution >= 4 is 17.8 Å². The molecule has 0 radical (unpaired) electrons. The maximum Gasteiger partial charge on any atom is 0.315 e. The molecule has 0 aromatic rings. The van der Waals surface area contributed by atoms with Gasteiger partial charge in [-0.15, -0.1) is 0 Å². The molecule has 3 N–H and O–H groups in total. The second-order valence-corrected chi connectivity index (χ2v) is 5.19. The van der Waals surface area contributed by atoms with Crippen molar-refractivity contribution in [3.63, 3.8) is 0 Å². The van der Waals surface area contributed by atoms with Gasteiger partial charge in [0, 0.05) is 18.4 Å². The smallest absolute Gasteiger partial charge is 0.315 e. The lowest BCUT2D eigenvalue weighted by molar-refractivity contribution is -0.159. The third kappa shape index (κ3) is 6.63. The van der Waals surface area contributed by atoms with Gasteiger partial charge in [0.2, 0.25) is 5.91 Å². The Kier molecular flexibility index (Phi) is 8.02. The number of esters is 2. The highest BCUT2D eigenvalue weighted by Crippen LogP contribution is 2.19. The number of aliphatic hydroxyl groups excluding tert-OH is 2. The first-order valence-corrected chi connectivity index (χ1v) is 6.54. The summed E-state index contributed by atoms with van der Waals surface area (Å²) in [6, 6.07) is 0. The Hall–Kier alpha value is -1.47. The van der Waals surface area contributed by atoms with Gasteiger partial charge in [-0.25, -0.2) is 0 Å². The summed E-state index contributed by atoms with van der Waals surface area (Å²) in [5, 5.41) is 21.1. The van der Waals surface area contributed by atoms with Gasteiger partial charge >= 0.3 is 11.9 Å². The SMILES string of the molecule is CCCC(=O)OC(=O)CCNC(=O)[C@H](O)C(C)(C)CO. The molecule has 0 aromatic carbocycles. The van der Waals surface area contributed by atoms with Crippen molar-refractivity contribution in [3.8, 4) is 0 Å². The van der Waals surface area contributed by atoms with E-state index >= 15 is 0 Å². The maximum absolute atomic E-state index is 11.6. The van der Waals surface area contributed by atoms with E-state index in [9.17, 15) is 19.5 Å². The van der Waals surface area contributed by atoms with Crippen molar-refractivity contribution in [1.82, 2.24) is 5.32 Å². The predicted molar refractivity (Wildman–Crippen MR) is 70.5 cm³/mol. The summed E-state index contributed by atoms with van der Waals surface area (Å²) in [4.78, 5) is 33.8. The highest BCUT2D eigenvalue weighted by molar-refractivity contribution is 5.86. The van der Waals surface area contributed by atoms with Crippen molar-refractivity contribution < 1.29 is 29.3 Å². The molecule has 0 saturated carbocycles. The summed E-state index contributed by atoms with van der Waals surface area (Å²) >= 11 is 0. The molecule has 0 heterocycles. The van der Waals surface area contributed by atoms with Crippen molar-refractivity contribution in [3.05, 3.63) is 0 Å². The van der Waals surface area contributed by atoms with Crippen LogP contribution in [0.5, 0.6) is 0 Å². The maximum atomic E-state index is 11.6. The van der Waals surface area contributed by atoms with E-state index in [-0.39, 0.29) is 26.0 Å². The number of nitrogens with one attached hydrogen (secondary N) is 1. The molecule has 0 aliphatic carbocycles. The Morgan fingerprint density at radius 1 is 1.20 bits per heavy atom. The van der Waals surface area contributed by atoms with Crippen LogP contribution in [-0.4, -0.2) is 47.3 Å². The van der Waals surface area contributed by atoms with Gasteiger partial charge in [-0.05, 0) is 6.42 Å².